The molecule has 9 nitrogen and oxygen atoms in total. The largest absolute Gasteiger partial charge is 0.872 e. The van der Waals surface area contributed by atoms with Crippen LogP contribution in [0.15, 0.2) is 18.2 Å². The molecule has 0 radical (unpaired) electrons. The van der Waals surface area contributed by atoms with Crippen LogP contribution in [0.2, 0.25) is 0 Å². The van der Waals surface area contributed by atoms with Gasteiger partial charge in [0.05, 0.1) is 17.6 Å². The van der Waals surface area contributed by atoms with Gasteiger partial charge in [-0.3, -0.25) is 14.9 Å². The van der Waals surface area contributed by atoms with E-state index in [-0.39, 0.29) is 6.61 Å². The zero-order chi connectivity index (χ0) is 20.6. The van der Waals surface area contributed by atoms with Gasteiger partial charge in [0.25, 0.3) is 11.4 Å². The molecule has 13 heteroatoms. The molecule has 0 amide bonds. The van der Waals surface area contributed by atoms with E-state index in [1.807, 2.05) is 0 Å². The molecule has 0 saturated carbocycles. The smallest absolute Gasteiger partial charge is 0.437 e. The Bertz CT molecular complexity index is 790. The Labute approximate surface area is 155 Å². The van der Waals surface area contributed by atoms with Gasteiger partial charge in [-0.1, -0.05) is 6.07 Å². The summed E-state index contributed by atoms with van der Waals surface area (Å²) in [6.45, 7) is 1.03. The van der Waals surface area contributed by atoms with E-state index in [1.165, 1.54) is 6.92 Å². The third-order valence-electron chi connectivity index (χ3n) is 3.89. The standard InChI is InChI=1S/C14H14F3N3O6S/c1-2-26-11(22)9-10(7-5-6(20(24)25)3-4-8(7)21)18-12(27)19-13(9,23)14(15,16)17/h3-5,9-10,21,23H,2H2,1H3,(H2,18,19,27)/p-1/t9-,10-,13+/m0/s1. The molecule has 3 N–H and O–H groups in total. The van der Waals surface area contributed by atoms with E-state index in [1.54, 1.807) is 5.32 Å². The minimum atomic E-state index is -5.39. The number of rotatable bonds is 4. The van der Waals surface area contributed by atoms with Gasteiger partial charge in [-0.2, -0.15) is 13.2 Å². The number of hydrogen-bond acceptors (Lipinski definition) is 7. The van der Waals surface area contributed by atoms with Crippen LogP contribution in [0.25, 0.3) is 0 Å². The van der Waals surface area contributed by atoms with Crippen molar-refractivity contribution in [1.29, 1.82) is 0 Å². The number of ether oxygens (including phenoxy) is 1. The van der Waals surface area contributed by atoms with Gasteiger partial charge < -0.3 is 25.6 Å². The van der Waals surface area contributed by atoms with Gasteiger partial charge in [-0.05, 0) is 24.7 Å². The van der Waals surface area contributed by atoms with E-state index in [0.717, 1.165) is 18.2 Å². The minimum absolute atomic E-state index is 0.306. The molecule has 3 atom stereocenters. The molecule has 0 aliphatic carbocycles. The van der Waals surface area contributed by atoms with Gasteiger partial charge in [0, 0.05) is 12.1 Å². The zero-order valence-corrected chi connectivity index (χ0v) is 14.4. The number of carbonyl (C=O) groups excluding carboxylic acids is 1. The van der Waals surface area contributed by atoms with Gasteiger partial charge in [-0.25, -0.2) is 0 Å². The molecule has 148 valence electrons. The number of esters is 1. The fraction of sp³-hybridized carbons (Fsp3) is 0.429. The van der Waals surface area contributed by atoms with Crippen LogP contribution in [-0.4, -0.2) is 39.6 Å². The molecule has 1 aromatic rings. The molecule has 1 aromatic carbocycles. The fourth-order valence-electron chi connectivity index (χ4n) is 2.69. The van der Waals surface area contributed by atoms with E-state index >= 15 is 0 Å². The molecule has 1 heterocycles. The Morgan fingerprint density at radius 1 is 1.48 bits per heavy atom. The van der Waals surface area contributed by atoms with Crippen molar-refractivity contribution >= 4 is 29.0 Å². The lowest BCUT2D eigenvalue weighted by Crippen LogP contribution is -2.73. The molecule has 27 heavy (non-hydrogen) atoms. The Balaban J connectivity index is 2.68. The van der Waals surface area contributed by atoms with E-state index < -0.39 is 56.9 Å². The van der Waals surface area contributed by atoms with Crippen LogP contribution in [0.1, 0.15) is 18.5 Å². The first-order valence-electron chi connectivity index (χ1n) is 7.42. The molecular formula is C14H13F3N3O6S-. The first-order chi connectivity index (χ1) is 12.4. The fourth-order valence-corrected chi connectivity index (χ4v) is 2.97. The number of nitrogens with one attached hydrogen (secondary N) is 2. The lowest BCUT2D eigenvalue weighted by atomic mass is 9.81. The molecule has 0 bridgehead atoms. The predicted molar refractivity (Wildman–Crippen MR) is 85.3 cm³/mol. The van der Waals surface area contributed by atoms with Crippen molar-refractivity contribution in [2.75, 3.05) is 6.61 Å². The van der Waals surface area contributed by atoms with Crippen molar-refractivity contribution in [1.82, 2.24) is 10.6 Å². The van der Waals surface area contributed by atoms with Gasteiger partial charge in [-0.15, -0.1) is 5.75 Å². The summed E-state index contributed by atoms with van der Waals surface area (Å²) in [6.07, 6.45) is -5.39. The second kappa shape index (κ2) is 7.15. The van der Waals surface area contributed by atoms with Crippen molar-refractivity contribution in [3.8, 4) is 5.75 Å². The maximum Gasteiger partial charge on any atom is 0.437 e. The van der Waals surface area contributed by atoms with Crippen molar-refractivity contribution in [2.24, 2.45) is 5.92 Å². The Morgan fingerprint density at radius 3 is 2.63 bits per heavy atom. The molecule has 1 saturated heterocycles. The normalized spacial score (nSPS) is 25.3. The summed E-state index contributed by atoms with van der Waals surface area (Å²) in [6, 6.07) is 0.531. The van der Waals surface area contributed by atoms with Crippen LogP contribution in [0.5, 0.6) is 5.75 Å². The number of aliphatic hydroxyl groups is 1. The highest BCUT2D eigenvalue weighted by Gasteiger charge is 2.66. The number of non-ortho nitro benzene ring substituents is 1. The highest BCUT2D eigenvalue weighted by Crippen LogP contribution is 2.44. The topological polar surface area (TPSA) is 137 Å². The minimum Gasteiger partial charge on any atom is -0.872 e. The SMILES string of the molecule is CCOC(=O)[C@@H]1[C@H](c2cc([N+](=O)[O-])ccc2[O-])NC(=S)N[C@]1(O)C(F)(F)F. The van der Waals surface area contributed by atoms with Crippen molar-refractivity contribution in [3.63, 3.8) is 0 Å². The van der Waals surface area contributed by atoms with Gasteiger partial charge >= 0.3 is 12.1 Å². The third-order valence-corrected chi connectivity index (χ3v) is 4.11. The van der Waals surface area contributed by atoms with Crippen LogP contribution in [0.4, 0.5) is 18.9 Å². The second-order valence-electron chi connectivity index (χ2n) is 5.55. The first-order valence-corrected chi connectivity index (χ1v) is 7.83. The Hall–Kier alpha value is -2.67. The van der Waals surface area contributed by atoms with Crippen LogP contribution >= 0.6 is 12.2 Å². The van der Waals surface area contributed by atoms with E-state index in [9.17, 15) is 38.3 Å². The highest BCUT2D eigenvalue weighted by molar-refractivity contribution is 7.80. The lowest BCUT2D eigenvalue weighted by Gasteiger charge is -2.46. The van der Waals surface area contributed by atoms with Gasteiger partial charge in [0.2, 0.25) is 0 Å². The Morgan fingerprint density at radius 2 is 2.11 bits per heavy atom. The number of nitrogens with zero attached hydrogens (tertiary/aromatic N) is 1. The highest BCUT2D eigenvalue weighted by atomic mass is 32.1. The summed E-state index contributed by atoms with van der Waals surface area (Å²) in [4.78, 5) is 22.3. The van der Waals surface area contributed by atoms with Crippen LogP contribution in [0, 0.1) is 16.0 Å². The number of thiocarbonyl (C=S) groups is 1. The molecule has 1 fully saturated rings. The Kier molecular flexibility index (Phi) is 5.47. The molecule has 0 spiro atoms. The summed E-state index contributed by atoms with van der Waals surface area (Å²) >= 11 is 4.66. The second-order valence-corrected chi connectivity index (χ2v) is 5.96. The quantitative estimate of drug-likeness (QED) is 0.283. The first kappa shape index (κ1) is 20.6. The van der Waals surface area contributed by atoms with Crippen LogP contribution in [-0.2, 0) is 9.53 Å². The predicted octanol–water partition coefficient (Wildman–Crippen LogP) is 0.617. The van der Waals surface area contributed by atoms with Crippen molar-refractivity contribution in [3.05, 3.63) is 33.9 Å². The van der Waals surface area contributed by atoms with E-state index in [2.05, 4.69) is 22.3 Å². The monoisotopic (exact) mass is 408 g/mol. The molecule has 1 aliphatic rings. The summed E-state index contributed by atoms with van der Waals surface area (Å²) in [5.74, 6) is -4.77. The average Bonchev–Trinajstić information content (AvgIpc) is 2.53. The zero-order valence-electron chi connectivity index (χ0n) is 13.6. The molecule has 0 aromatic heterocycles. The van der Waals surface area contributed by atoms with E-state index in [4.69, 9.17) is 0 Å². The summed E-state index contributed by atoms with van der Waals surface area (Å²) < 4.78 is 45.3. The lowest BCUT2D eigenvalue weighted by molar-refractivity contribution is -0.385. The number of hydrogen-bond donors (Lipinski definition) is 3. The molecule has 0 unspecified atom stereocenters. The average molecular weight is 408 g/mol. The van der Waals surface area contributed by atoms with Crippen LogP contribution in [0.3, 0.4) is 0 Å². The number of halogens is 3. The molecular weight excluding hydrogens is 395 g/mol. The van der Waals surface area contributed by atoms with Crippen LogP contribution < -0.4 is 15.7 Å². The summed E-state index contributed by atoms with van der Waals surface area (Å²) in [5, 5.41) is 36.5. The summed E-state index contributed by atoms with van der Waals surface area (Å²) in [5.41, 5.74) is -4.99. The summed E-state index contributed by atoms with van der Waals surface area (Å²) in [7, 11) is 0. The number of carbonyl (C=O) groups is 1. The van der Waals surface area contributed by atoms with E-state index in [0.29, 0.717) is 0 Å². The van der Waals surface area contributed by atoms with Crippen molar-refractivity contribution in [2.45, 2.75) is 24.9 Å². The number of nitro benzene ring substituents is 1. The number of alkyl halides is 3. The number of nitro groups is 1. The van der Waals surface area contributed by atoms with Gasteiger partial charge in [0.1, 0.15) is 5.92 Å². The van der Waals surface area contributed by atoms with Gasteiger partial charge in [0.15, 0.2) is 5.11 Å². The van der Waals surface area contributed by atoms with Crippen molar-refractivity contribution < 1.29 is 37.8 Å². The third kappa shape index (κ3) is 3.73. The molecule has 2 rings (SSSR count). The molecule has 1 aliphatic heterocycles. The maximum absolute atomic E-state index is 13.6. The number of benzene rings is 1. The maximum atomic E-state index is 13.6.